The molecule has 92 valence electrons. The molecule has 1 heterocycles. The molecule has 0 fully saturated rings. The van der Waals surface area contributed by atoms with Gasteiger partial charge in [0.05, 0.1) is 11.4 Å². The average Bonchev–Trinajstić information content (AvgIpc) is 2.23. The quantitative estimate of drug-likeness (QED) is 0.787. The molecular weight excluding hydrogens is 248 g/mol. The standard InChI is InChI=1S/C10H17ClN2O2S/c1-8-9(6-16(11,14)15)5-13(12-8)7-10(2,3)4/h5H,6-7H2,1-4H3. The fraction of sp³-hybridized carbons (Fsp3) is 0.700. The summed E-state index contributed by atoms with van der Waals surface area (Å²) in [4.78, 5) is 0. The van der Waals surface area contributed by atoms with E-state index in [1.807, 2.05) is 0 Å². The molecule has 0 unspecified atom stereocenters. The highest BCUT2D eigenvalue weighted by molar-refractivity contribution is 8.13. The van der Waals surface area contributed by atoms with Gasteiger partial charge in [-0.25, -0.2) is 8.42 Å². The number of rotatable bonds is 3. The lowest BCUT2D eigenvalue weighted by molar-refractivity contribution is 0.324. The van der Waals surface area contributed by atoms with Crippen molar-refractivity contribution >= 4 is 19.7 Å². The van der Waals surface area contributed by atoms with Gasteiger partial charge >= 0.3 is 0 Å². The van der Waals surface area contributed by atoms with Crippen molar-refractivity contribution in [3.05, 3.63) is 17.5 Å². The van der Waals surface area contributed by atoms with Crippen LogP contribution in [-0.2, 0) is 21.3 Å². The van der Waals surface area contributed by atoms with Gasteiger partial charge in [-0.05, 0) is 12.3 Å². The lowest BCUT2D eigenvalue weighted by Crippen LogP contribution is -2.15. The molecule has 0 saturated heterocycles. The van der Waals surface area contributed by atoms with Gasteiger partial charge in [-0.2, -0.15) is 5.10 Å². The van der Waals surface area contributed by atoms with Crippen LogP contribution in [0.5, 0.6) is 0 Å². The molecule has 0 aromatic carbocycles. The molecule has 0 bridgehead atoms. The van der Waals surface area contributed by atoms with Gasteiger partial charge in [0, 0.05) is 29.0 Å². The van der Waals surface area contributed by atoms with Crippen molar-refractivity contribution in [2.24, 2.45) is 5.41 Å². The molecule has 16 heavy (non-hydrogen) atoms. The van der Waals surface area contributed by atoms with Gasteiger partial charge < -0.3 is 0 Å². The summed E-state index contributed by atoms with van der Waals surface area (Å²) in [6.45, 7) is 8.83. The number of aromatic nitrogens is 2. The maximum Gasteiger partial charge on any atom is 0.236 e. The number of aryl methyl sites for hydroxylation is 1. The minimum Gasteiger partial charge on any atom is -0.272 e. The van der Waals surface area contributed by atoms with Gasteiger partial charge in [0.2, 0.25) is 9.05 Å². The predicted molar refractivity (Wildman–Crippen MR) is 64.9 cm³/mol. The second kappa shape index (κ2) is 4.37. The highest BCUT2D eigenvalue weighted by Gasteiger charge is 2.16. The van der Waals surface area contributed by atoms with Gasteiger partial charge in [-0.3, -0.25) is 4.68 Å². The molecule has 0 spiro atoms. The number of nitrogens with zero attached hydrogens (tertiary/aromatic N) is 2. The highest BCUT2D eigenvalue weighted by Crippen LogP contribution is 2.18. The Morgan fingerprint density at radius 1 is 1.44 bits per heavy atom. The molecule has 0 aliphatic rings. The van der Waals surface area contributed by atoms with Crippen LogP contribution in [0.25, 0.3) is 0 Å². The van der Waals surface area contributed by atoms with Gasteiger partial charge in [0.1, 0.15) is 0 Å². The molecule has 1 rings (SSSR count). The zero-order chi connectivity index (χ0) is 12.6. The zero-order valence-corrected chi connectivity index (χ0v) is 11.6. The normalized spacial score (nSPS) is 13.1. The Labute approximate surface area is 101 Å². The van der Waals surface area contributed by atoms with Gasteiger partial charge in [0.15, 0.2) is 0 Å². The molecule has 4 nitrogen and oxygen atoms in total. The molecular formula is C10H17ClN2O2S. The highest BCUT2D eigenvalue weighted by atomic mass is 35.7. The Bertz CT molecular complexity index is 471. The molecule has 0 radical (unpaired) electrons. The molecule has 1 aromatic heterocycles. The van der Waals surface area contributed by atoms with Crippen LogP contribution in [0.15, 0.2) is 6.20 Å². The number of hydrogen-bond donors (Lipinski definition) is 0. The summed E-state index contributed by atoms with van der Waals surface area (Å²) >= 11 is 0. The summed E-state index contributed by atoms with van der Waals surface area (Å²) < 4.78 is 23.7. The van der Waals surface area contributed by atoms with E-state index in [4.69, 9.17) is 10.7 Å². The lowest BCUT2D eigenvalue weighted by atomic mass is 9.97. The Kier molecular flexibility index (Phi) is 3.69. The maximum absolute atomic E-state index is 11.0. The van der Waals surface area contributed by atoms with Crippen molar-refractivity contribution < 1.29 is 8.42 Å². The average molecular weight is 265 g/mol. The van der Waals surface area contributed by atoms with Crippen molar-refractivity contribution in [3.8, 4) is 0 Å². The third-order valence-electron chi connectivity index (χ3n) is 2.01. The van der Waals surface area contributed by atoms with E-state index < -0.39 is 9.05 Å². The molecule has 0 aliphatic carbocycles. The number of hydrogen-bond acceptors (Lipinski definition) is 3. The van der Waals surface area contributed by atoms with Crippen molar-refractivity contribution in [2.75, 3.05) is 0 Å². The van der Waals surface area contributed by atoms with Gasteiger partial charge in [0.25, 0.3) is 0 Å². The summed E-state index contributed by atoms with van der Waals surface area (Å²) in [5, 5.41) is 4.27. The van der Waals surface area contributed by atoms with Crippen LogP contribution in [0, 0.1) is 12.3 Å². The van der Waals surface area contributed by atoms with Crippen molar-refractivity contribution in [3.63, 3.8) is 0 Å². The molecule has 0 saturated carbocycles. The van der Waals surface area contributed by atoms with E-state index >= 15 is 0 Å². The van der Waals surface area contributed by atoms with E-state index in [2.05, 4.69) is 25.9 Å². The lowest BCUT2D eigenvalue weighted by Gasteiger charge is -2.17. The van der Waals surface area contributed by atoms with Crippen LogP contribution in [0.1, 0.15) is 32.0 Å². The van der Waals surface area contributed by atoms with Gasteiger partial charge in [-0.1, -0.05) is 20.8 Å². The van der Waals surface area contributed by atoms with E-state index in [9.17, 15) is 8.42 Å². The molecule has 6 heteroatoms. The van der Waals surface area contributed by atoms with E-state index in [-0.39, 0.29) is 11.2 Å². The second-order valence-corrected chi connectivity index (χ2v) is 7.96. The minimum atomic E-state index is -3.51. The molecule has 0 N–H and O–H groups in total. The van der Waals surface area contributed by atoms with Crippen LogP contribution in [0.4, 0.5) is 0 Å². The van der Waals surface area contributed by atoms with Crippen LogP contribution < -0.4 is 0 Å². The Hall–Kier alpha value is -0.550. The maximum atomic E-state index is 11.0. The van der Waals surface area contributed by atoms with E-state index in [0.29, 0.717) is 11.3 Å². The first kappa shape index (κ1) is 13.5. The Balaban J connectivity index is 2.91. The first-order chi connectivity index (χ1) is 7.07. The first-order valence-electron chi connectivity index (χ1n) is 5.02. The largest absolute Gasteiger partial charge is 0.272 e. The fourth-order valence-electron chi connectivity index (χ4n) is 1.45. The molecule has 0 aliphatic heterocycles. The zero-order valence-electron chi connectivity index (χ0n) is 9.99. The first-order valence-corrected chi connectivity index (χ1v) is 7.50. The van der Waals surface area contributed by atoms with E-state index in [0.717, 1.165) is 6.54 Å². The smallest absolute Gasteiger partial charge is 0.236 e. The molecule has 1 aromatic rings. The summed E-state index contributed by atoms with van der Waals surface area (Å²) in [5.74, 6) is -0.162. The van der Waals surface area contributed by atoms with E-state index in [1.54, 1.807) is 17.8 Å². The number of halogens is 1. The van der Waals surface area contributed by atoms with E-state index in [1.165, 1.54) is 0 Å². The summed E-state index contributed by atoms with van der Waals surface area (Å²) in [6.07, 6.45) is 1.75. The predicted octanol–water partition coefficient (Wildman–Crippen LogP) is 2.31. The Morgan fingerprint density at radius 2 is 2.00 bits per heavy atom. The minimum absolute atomic E-state index is 0.107. The van der Waals surface area contributed by atoms with Crippen LogP contribution >= 0.6 is 10.7 Å². The SMILES string of the molecule is Cc1nn(CC(C)(C)C)cc1CS(=O)(=O)Cl. The fourth-order valence-corrected chi connectivity index (χ4v) is 2.46. The monoisotopic (exact) mass is 264 g/mol. The van der Waals surface area contributed by atoms with Crippen LogP contribution in [-0.4, -0.2) is 18.2 Å². The second-order valence-electron chi connectivity index (χ2n) is 5.18. The summed E-state index contributed by atoms with van der Waals surface area (Å²) in [5.41, 5.74) is 1.49. The van der Waals surface area contributed by atoms with Crippen molar-refractivity contribution in [1.82, 2.24) is 9.78 Å². The van der Waals surface area contributed by atoms with Crippen molar-refractivity contribution in [1.29, 1.82) is 0 Å². The van der Waals surface area contributed by atoms with Crippen LogP contribution in [0.3, 0.4) is 0 Å². The van der Waals surface area contributed by atoms with Gasteiger partial charge in [-0.15, -0.1) is 0 Å². The van der Waals surface area contributed by atoms with Crippen LogP contribution in [0.2, 0.25) is 0 Å². The summed E-state index contributed by atoms with van der Waals surface area (Å²) in [6, 6.07) is 0. The topological polar surface area (TPSA) is 52.0 Å². The Morgan fingerprint density at radius 3 is 2.44 bits per heavy atom. The third kappa shape index (κ3) is 4.53. The summed E-state index contributed by atoms with van der Waals surface area (Å²) in [7, 11) is 1.71. The molecule has 0 amide bonds. The third-order valence-corrected chi connectivity index (χ3v) is 3.00. The van der Waals surface area contributed by atoms with Crippen molar-refractivity contribution in [2.45, 2.75) is 40.0 Å². The molecule has 0 atom stereocenters.